The van der Waals surface area contributed by atoms with Gasteiger partial charge in [-0.15, -0.1) is 0 Å². The molecule has 2 aliphatic rings. The molecule has 0 aromatic carbocycles. The van der Waals surface area contributed by atoms with Crippen molar-refractivity contribution < 1.29 is 4.79 Å². The van der Waals surface area contributed by atoms with Crippen molar-refractivity contribution in [3.8, 4) is 0 Å². The molecule has 0 aromatic heterocycles. The number of Topliss-reactive ketones (excluding diaryl/α,β-unsaturated/α-hetero) is 1. The van der Waals surface area contributed by atoms with Crippen molar-refractivity contribution in [3.05, 3.63) is 12.2 Å². The summed E-state index contributed by atoms with van der Waals surface area (Å²) in [5.74, 6) is 1.50. The molecule has 17 heavy (non-hydrogen) atoms. The maximum atomic E-state index is 12.2. The maximum Gasteiger partial charge on any atom is 0.139 e. The van der Waals surface area contributed by atoms with Gasteiger partial charge in [0.15, 0.2) is 0 Å². The molecule has 0 saturated heterocycles. The van der Waals surface area contributed by atoms with Gasteiger partial charge in [-0.25, -0.2) is 0 Å². The number of carbonyl (C=O) groups is 1. The van der Waals surface area contributed by atoms with E-state index < -0.39 is 0 Å². The fourth-order valence-corrected chi connectivity index (χ4v) is 3.45. The highest BCUT2D eigenvalue weighted by Crippen LogP contribution is 2.32. The summed E-state index contributed by atoms with van der Waals surface area (Å²) in [6.07, 6.45) is 13.4. The second-order valence-corrected chi connectivity index (χ2v) is 5.97. The van der Waals surface area contributed by atoms with E-state index in [1.807, 2.05) is 0 Å². The predicted molar refractivity (Wildman–Crippen MR) is 71.9 cm³/mol. The van der Waals surface area contributed by atoms with Crippen LogP contribution in [0.15, 0.2) is 12.2 Å². The van der Waals surface area contributed by atoms with Crippen LogP contribution in [0.5, 0.6) is 0 Å². The third-order valence-electron chi connectivity index (χ3n) is 4.64. The largest absolute Gasteiger partial charge is 0.299 e. The highest BCUT2D eigenvalue weighted by atomic mass is 16.1. The van der Waals surface area contributed by atoms with E-state index >= 15 is 0 Å². The van der Waals surface area contributed by atoms with Crippen LogP contribution in [0.4, 0.5) is 0 Å². The van der Waals surface area contributed by atoms with Crippen LogP contribution in [0.3, 0.4) is 0 Å². The van der Waals surface area contributed by atoms with Gasteiger partial charge in [0, 0.05) is 12.3 Å². The Hall–Kier alpha value is -0.590. The summed E-state index contributed by atoms with van der Waals surface area (Å²) in [7, 11) is 0. The lowest BCUT2D eigenvalue weighted by atomic mass is 9.79. The summed E-state index contributed by atoms with van der Waals surface area (Å²) in [6, 6.07) is 0. The molecule has 96 valence electrons. The smallest absolute Gasteiger partial charge is 0.139 e. The maximum absolute atomic E-state index is 12.2. The van der Waals surface area contributed by atoms with Crippen molar-refractivity contribution in [1.82, 2.24) is 0 Å². The van der Waals surface area contributed by atoms with Gasteiger partial charge in [0.1, 0.15) is 5.78 Å². The number of hydrogen-bond acceptors (Lipinski definition) is 1. The van der Waals surface area contributed by atoms with Gasteiger partial charge in [-0.3, -0.25) is 4.79 Å². The summed E-state index contributed by atoms with van der Waals surface area (Å²) in [5, 5.41) is 0. The average molecular weight is 234 g/mol. The van der Waals surface area contributed by atoms with Crippen LogP contribution in [-0.2, 0) is 4.79 Å². The van der Waals surface area contributed by atoms with Crippen molar-refractivity contribution in [2.75, 3.05) is 0 Å². The fourth-order valence-electron chi connectivity index (χ4n) is 3.45. The van der Waals surface area contributed by atoms with Gasteiger partial charge in [0.2, 0.25) is 0 Å². The zero-order valence-corrected chi connectivity index (χ0v) is 11.0. The molecule has 0 unspecified atom stereocenters. The lowest BCUT2D eigenvalue weighted by Crippen LogP contribution is -2.20. The molecule has 0 amide bonds. The predicted octanol–water partition coefficient (Wildman–Crippen LogP) is 4.66. The van der Waals surface area contributed by atoms with Crippen LogP contribution < -0.4 is 0 Å². The molecule has 2 aliphatic carbocycles. The van der Waals surface area contributed by atoms with E-state index in [-0.39, 0.29) is 0 Å². The molecule has 0 N–H and O–H groups in total. The minimum atomic E-state index is 0.365. The Morgan fingerprint density at radius 2 is 1.29 bits per heavy atom. The molecule has 0 bridgehead atoms. The summed E-state index contributed by atoms with van der Waals surface area (Å²) in [5.41, 5.74) is 1.24. The molecule has 0 radical (unpaired) electrons. The van der Waals surface area contributed by atoms with E-state index in [9.17, 15) is 4.79 Å². The Bertz CT molecular complexity index is 239. The van der Waals surface area contributed by atoms with E-state index in [4.69, 9.17) is 0 Å². The molecular formula is C16H26O. The van der Waals surface area contributed by atoms with E-state index in [1.165, 1.54) is 56.9 Å². The molecule has 2 rings (SSSR count). The number of allylic oxidation sites excluding steroid dienone is 1. The summed E-state index contributed by atoms with van der Waals surface area (Å²) in [6.45, 7) is 4.19. The SMILES string of the molecule is C=C(CC(=O)C1CCCCC1)C1CCCCC1. The summed E-state index contributed by atoms with van der Waals surface area (Å²) in [4.78, 5) is 12.2. The first-order chi connectivity index (χ1) is 8.27. The highest BCUT2D eigenvalue weighted by Gasteiger charge is 2.24. The van der Waals surface area contributed by atoms with E-state index in [1.54, 1.807) is 0 Å². The monoisotopic (exact) mass is 234 g/mol. The first-order valence-corrected chi connectivity index (χ1v) is 7.48. The molecule has 0 spiro atoms. The van der Waals surface area contributed by atoms with Gasteiger partial charge in [0.25, 0.3) is 0 Å². The molecule has 0 aliphatic heterocycles. The summed E-state index contributed by atoms with van der Waals surface area (Å²) < 4.78 is 0. The highest BCUT2D eigenvalue weighted by molar-refractivity contribution is 5.83. The topological polar surface area (TPSA) is 17.1 Å². The quantitative estimate of drug-likeness (QED) is 0.646. The minimum Gasteiger partial charge on any atom is -0.299 e. The van der Waals surface area contributed by atoms with Crippen molar-refractivity contribution in [2.24, 2.45) is 11.8 Å². The molecule has 1 heteroatoms. The van der Waals surface area contributed by atoms with Crippen molar-refractivity contribution in [1.29, 1.82) is 0 Å². The first kappa shape index (κ1) is 12.9. The zero-order chi connectivity index (χ0) is 12.1. The van der Waals surface area contributed by atoms with Gasteiger partial charge < -0.3 is 0 Å². The van der Waals surface area contributed by atoms with Crippen molar-refractivity contribution in [2.45, 2.75) is 70.6 Å². The van der Waals surface area contributed by atoms with E-state index in [0.29, 0.717) is 24.0 Å². The zero-order valence-electron chi connectivity index (χ0n) is 11.0. The van der Waals surface area contributed by atoms with Crippen LogP contribution >= 0.6 is 0 Å². The normalized spacial score (nSPS) is 23.5. The van der Waals surface area contributed by atoms with Crippen LogP contribution in [0.1, 0.15) is 70.6 Å². The number of ketones is 1. The lowest BCUT2D eigenvalue weighted by molar-refractivity contribution is -0.123. The van der Waals surface area contributed by atoms with Gasteiger partial charge in [-0.05, 0) is 31.6 Å². The Morgan fingerprint density at radius 3 is 1.82 bits per heavy atom. The van der Waals surface area contributed by atoms with Gasteiger partial charge in [-0.2, -0.15) is 0 Å². The Kier molecular flexibility index (Phi) is 4.82. The van der Waals surface area contributed by atoms with Crippen molar-refractivity contribution in [3.63, 3.8) is 0 Å². The van der Waals surface area contributed by atoms with Crippen LogP contribution in [-0.4, -0.2) is 5.78 Å². The van der Waals surface area contributed by atoms with Gasteiger partial charge >= 0.3 is 0 Å². The van der Waals surface area contributed by atoms with E-state index in [0.717, 1.165) is 12.8 Å². The number of carbonyl (C=O) groups excluding carboxylic acids is 1. The third kappa shape index (κ3) is 3.69. The molecule has 0 aromatic rings. The van der Waals surface area contributed by atoms with Crippen LogP contribution in [0, 0.1) is 11.8 Å². The van der Waals surface area contributed by atoms with E-state index in [2.05, 4.69) is 6.58 Å². The number of hydrogen-bond donors (Lipinski definition) is 0. The average Bonchev–Trinajstić information content (AvgIpc) is 2.40. The summed E-state index contributed by atoms with van der Waals surface area (Å²) >= 11 is 0. The molecule has 0 atom stereocenters. The van der Waals surface area contributed by atoms with Crippen molar-refractivity contribution >= 4 is 5.78 Å². The molecule has 2 saturated carbocycles. The standard InChI is InChI=1S/C16H26O/c1-13(14-8-4-2-5-9-14)12-16(17)15-10-6-3-7-11-15/h14-15H,1-12H2. The van der Waals surface area contributed by atoms with Gasteiger partial charge in [-0.1, -0.05) is 50.7 Å². The Labute approximate surface area is 106 Å². The molecular weight excluding hydrogens is 208 g/mol. The molecule has 2 fully saturated rings. The Morgan fingerprint density at radius 1 is 0.824 bits per heavy atom. The fraction of sp³-hybridized carbons (Fsp3) is 0.812. The van der Waals surface area contributed by atoms with Crippen LogP contribution in [0.25, 0.3) is 0 Å². The van der Waals surface area contributed by atoms with Gasteiger partial charge in [0.05, 0.1) is 0 Å². The molecule has 1 nitrogen and oxygen atoms in total. The number of rotatable bonds is 4. The Balaban J connectivity index is 1.78. The second-order valence-electron chi connectivity index (χ2n) is 5.97. The minimum absolute atomic E-state index is 0.365. The molecule has 0 heterocycles. The first-order valence-electron chi connectivity index (χ1n) is 7.48. The second kappa shape index (κ2) is 6.37. The van der Waals surface area contributed by atoms with Crippen LogP contribution in [0.2, 0.25) is 0 Å². The lowest BCUT2D eigenvalue weighted by Gasteiger charge is -2.25. The third-order valence-corrected chi connectivity index (χ3v) is 4.64.